The number of anilines is 1. The maximum atomic E-state index is 13.4. The van der Waals surface area contributed by atoms with Gasteiger partial charge >= 0.3 is 11.9 Å². The summed E-state index contributed by atoms with van der Waals surface area (Å²) in [7, 11) is 0. The van der Waals surface area contributed by atoms with Crippen LogP contribution in [-0.2, 0) is 9.59 Å². The molecular weight excluding hydrogens is 515 g/mol. The number of carboxylic acids is 1. The quantitative estimate of drug-likeness (QED) is 0.214. The number of aliphatic carboxylic acids is 1. The van der Waals surface area contributed by atoms with Gasteiger partial charge in [0.05, 0.1) is 11.1 Å². The highest BCUT2D eigenvalue weighted by molar-refractivity contribution is 6.38. The van der Waals surface area contributed by atoms with Crippen LogP contribution in [0.3, 0.4) is 0 Å². The fourth-order valence-corrected chi connectivity index (χ4v) is 4.35. The lowest BCUT2D eigenvalue weighted by molar-refractivity contribution is -0.148. The van der Waals surface area contributed by atoms with Gasteiger partial charge in [-0.25, -0.2) is 9.78 Å². The second kappa shape index (κ2) is 10.00. The average Bonchev–Trinajstić information content (AvgIpc) is 3.21. The first kappa shape index (κ1) is 26.4. The normalized spacial score (nSPS) is 11.5. The Labute approximate surface area is 223 Å². The molecule has 2 heterocycles. The molecule has 0 radical (unpaired) electrons. The lowest BCUT2D eigenvalue weighted by atomic mass is 9.88. The molecule has 1 N–H and O–H groups in total. The predicted octanol–water partition coefficient (Wildman–Crippen LogP) is 7.13. The molecule has 0 fully saturated rings. The van der Waals surface area contributed by atoms with Crippen molar-refractivity contribution in [3.63, 3.8) is 0 Å². The van der Waals surface area contributed by atoms with Crippen LogP contribution < -0.4 is 4.90 Å². The third kappa shape index (κ3) is 4.97. The molecule has 190 valence electrons. The molecule has 37 heavy (non-hydrogen) atoms. The van der Waals surface area contributed by atoms with Gasteiger partial charge in [0.15, 0.2) is 5.76 Å². The summed E-state index contributed by atoms with van der Waals surface area (Å²) in [5.41, 5.74) is 1.77. The Morgan fingerprint density at radius 1 is 1.00 bits per heavy atom. The number of carbonyl (C=O) groups is 3. The minimum atomic E-state index is -1.65. The van der Waals surface area contributed by atoms with Crippen molar-refractivity contribution in [2.24, 2.45) is 5.41 Å². The Kier molecular flexibility index (Phi) is 7.13. The van der Waals surface area contributed by atoms with Gasteiger partial charge in [-0.3, -0.25) is 14.5 Å². The molecule has 7 nitrogen and oxygen atoms in total. The zero-order valence-corrected chi connectivity index (χ0v) is 22.1. The van der Waals surface area contributed by atoms with Crippen LogP contribution in [-0.4, -0.2) is 34.3 Å². The lowest BCUT2D eigenvalue weighted by Gasteiger charge is -2.21. The predicted molar refractivity (Wildman–Crippen MR) is 144 cm³/mol. The number of halogens is 2. The topological polar surface area (TPSA) is 101 Å². The highest BCUT2D eigenvalue weighted by Crippen LogP contribution is 2.43. The summed E-state index contributed by atoms with van der Waals surface area (Å²) < 4.78 is 6.00. The Hall–Kier alpha value is -3.68. The zero-order valence-electron chi connectivity index (χ0n) is 20.6. The lowest BCUT2D eigenvalue weighted by Crippen LogP contribution is -2.37. The Bertz CT molecular complexity index is 1530. The van der Waals surface area contributed by atoms with Gasteiger partial charge < -0.3 is 9.52 Å². The summed E-state index contributed by atoms with van der Waals surface area (Å²) in [5.74, 6) is -3.37. The van der Waals surface area contributed by atoms with E-state index in [1.165, 1.54) is 0 Å². The summed E-state index contributed by atoms with van der Waals surface area (Å²) >= 11 is 12.6. The molecule has 0 aliphatic carbocycles. The van der Waals surface area contributed by atoms with Crippen molar-refractivity contribution in [3.05, 3.63) is 70.4 Å². The van der Waals surface area contributed by atoms with Gasteiger partial charge in [0.2, 0.25) is 11.5 Å². The third-order valence-electron chi connectivity index (χ3n) is 5.84. The smallest absolute Gasteiger partial charge is 0.394 e. The summed E-state index contributed by atoms with van der Waals surface area (Å²) in [5, 5.41) is 10.8. The van der Waals surface area contributed by atoms with Crippen LogP contribution in [0.15, 0.2) is 59.0 Å². The molecule has 0 bridgehead atoms. The second-order valence-corrected chi connectivity index (χ2v) is 10.3. The van der Waals surface area contributed by atoms with Crippen molar-refractivity contribution in [1.82, 2.24) is 4.98 Å². The zero-order chi connectivity index (χ0) is 27.1. The van der Waals surface area contributed by atoms with Gasteiger partial charge in [0.25, 0.3) is 0 Å². The van der Waals surface area contributed by atoms with Crippen LogP contribution in [0.5, 0.6) is 0 Å². The number of likely N-dealkylation sites (N-methyl/N-ethyl adjacent to an activating group) is 1. The number of rotatable bonds is 5. The van der Waals surface area contributed by atoms with Crippen molar-refractivity contribution in [1.29, 1.82) is 0 Å². The first-order valence-electron chi connectivity index (χ1n) is 11.5. The number of hydrogen-bond donors (Lipinski definition) is 1. The number of carbonyl (C=O) groups excluding carboxylic acids is 2. The van der Waals surface area contributed by atoms with E-state index in [4.69, 9.17) is 32.6 Å². The maximum absolute atomic E-state index is 13.4. The van der Waals surface area contributed by atoms with Gasteiger partial charge in [-0.1, -0.05) is 74.3 Å². The van der Waals surface area contributed by atoms with Crippen LogP contribution in [0.2, 0.25) is 10.0 Å². The highest BCUT2D eigenvalue weighted by Gasteiger charge is 2.36. The molecule has 1 amide bonds. The van der Waals surface area contributed by atoms with Gasteiger partial charge in [0, 0.05) is 33.1 Å². The van der Waals surface area contributed by atoms with E-state index in [0.29, 0.717) is 32.3 Å². The standard InChI is InChI=1S/C28H24Cl2N2O5/c1-5-32(26(34)27(35)36)22-19-14-18(15-10-12-16(29)13-11-15)21(17-8-6-7-9-20(17)30)31-25(19)37-23(22)24(33)28(2,3)4/h6-14H,5H2,1-4H3,(H,35,36). The first-order chi connectivity index (χ1) is 17.4. The number of furan rings is 1. The number of hydrogen-bond acceptors (Lipinski definition) is 5. The van der Waals surface area contributed by atoms with Crippen molar-refractivity contribution in [2.45, 2.75) is 27.7 Å². The Morgan fingerprint density at radius 3 is 2.22 bits per heavy atom. The second-order valence-electron chi connectivity index (χ2n) is 9.44. The summed E-state index contributed by atoms with van der Waals surface area (Å²) in [6.07, 6.45) is 0. The minimum Gasteiger partial charge on any atom is -0.474 e. The Morgan fingerprint density at radius 2 is 1.65 bits per heavy atom. The minimum absolute atomic E-state index is 0.00721. The van der Waals surface area contributed by atoms with Crippen molar-refractivity contribution >= 4 is 57.6 Å². The maximum Gasteiger partial charge on any atom is 0.394 e. The fourth-order valence-electron chi connectivity index (χ4n) is 4.00. The number of Topliss-reactive ketones (excluding diaryl/α,β-unsaturated/α-hetero) is 1. The summed E-state index contributed by atoms with van der Waals surface area (Å²) in [4.78, 5) is 43.5. The van der Waals surface area contributed by atoms with Crippen molar-refractivity contribution < 1.29 is 23.9 Å². The van der Waals surface area contributed by atoms with E-state index in [0.717, 1.165) is 10.5 Å². The number of amides is 1. The molecule has 0 aliphatic rings. The van der Waals surface area contributed by atoms with E-state index in [1.807, 2.05) is 24.3 Å². The number of pyridine rings is 1. The highest BCUT2D eigenvalue weighted by atomic mass is 35.5. The number of ketones is 1. The summed E-state index contributed by atoms with van der Waals surface area (Å²) in [6, 6.07) is 16.0. The molecule has 0 saturated heterocycles. The molecule has 0 spiro atoms. The molecule has 2 aromatic carbocycles. The van der Waals surface area contributed by atoms with Crippen LogP contribution in [0.1, 0.15) is 38.2 Å². The molecule has 0 saturated carbocycles. The van der Waals surface area contributed by atoms with E-state index >= 15 is 0 Å². The number of nitrogens with zero attached hydrogens (tertiary/aromatic N) is 2. The van der Waals surface area contributed by atoms with Gasteiger partial charge in [0.1, 0.15) is 5.69 Å². The van der Waals surface area contributed by atoms with Gasteiger partial charge in [-0.15, -0.1) is 0 Å². The molecule has 4 aromatic rings. The fraction of sp³-hybridized carbons (Fsp3) is 0.214. The molecule has 4 rings (SSSR count). The van der Waals surface area contributed by atoms with Crippen LogP contribution in [0.4, 0.5) is 5.69 Å². The molecule has 0 unspecified atom stereocenters. The monoisotopic (exact) mass is 538 g/mol. The molecular formula is C28H24Cl2N2O5. The van der Waals surface area contributed by atoms with Crippen LogP contribution in [0.25, 0.3) is 33.5 Å². The van der Waals surface area contributed by atoms with Crippen molar-refractivity contribution in [2.75, 3.05) is 11.4 Å². The van der Waals surface area contributed by atoms with Gasteiger partial charge in [-0.2, -0.15) is 0 Å². The number of carboxylic acid groups (broad SMARTS) is 1. The average molecular weight is 539 g/mol. The number of aromatic nitrogens is 1. The molecule has 0 atom stereocenters. The van der Waals surface area contributed by atoms with E-state index in [9.17, 15) is 19.5 Å². The number of benzene rings is 2. The van der Waals surface area contributed by atoms with Gasteiger partial charge in [-0.05, 0) is 36.8 Å². The van der Waals surface area contributed by atoms with E-state index in [2.05, 4.69) is 0 Å². The molecule has 0 aliphatic heterocycles. The third-order valence-corrected chi connectivity index (χ3v) is 6.42. The largest absolute Gasteiger partial charge is 0.474 e. The van der Waals surface area contributed by atoms with E-state index in [-0.39, 0.29) is 23.7 Å². The SMILES string of the molecule is CCN(C(=O)C(=O)O)c1c(C(=O)C(C)(C)C)oc2nc(-c3ccccc3Cl)c(-c3ccc(Cl)cc3)cc12. The van der Waals surface area contributed by atoms with Crippen molar-refractivity contribution in [3.8, 4) is 22.4 Å². The van der Waals surface area contributed by atoms with Crippen LogP contribution in [0, 0.1) is 5.41 Å². The summed E-state index contributed by atoms with van der Waals surface area (Å²) in [6.45, 7) is 6.75. The Balaban J connectivity index is 2.13. The molecule has 2 aromatic heterocycles. The number of fused-ring (bicyclic) bond motifs is 1. The van der Waals surface area contributed by atoms with Crippen LogP contribution >= 0.6 is 23.2 Å². The first-order valence-corrected chi connectivity index (χ1v) is 12.3. The van der Waals surface area contributed by atoms with E-state index < -0.39 is 23.1 Å². The van der Waals surface area contributed by atoms with E-state index in [1.54, 1.807) is 58.0 Å². The molecule has 9 heteroatoms.